The van der Waals surface area contributed by atoms with E-state index in [1.165, 1.54) is 4.90 Å². The third kappa shape index (κ3) is 3.72. The first-order valence-electron chi connectivity index (χ1n) is 7.60. The summed E-state index contributed by atoms with van der Waals surface area (Å²) in [6, 6.07) is 0. The maximum Gasteiger partial charge on any atom is 0.248 e. The summed E-state index contributed by atoms with van der Waals surface area (Å²) < 4.78 is 7.57. The van der Waals surface area contributed by atoms with E-state index in [1.54, 1.807) is 14.1 Å². The lowest BCUT2D eigenvalue weighted by atomic mass is 9.99. The average Bonchev–Trinajstić information content (AvgIpc) is 2.90. The molecule has 0 fully saturated rings. The number of fused-ring (bicyclic) bond motifs is 1. The fraction of sp³-hybridized carbons (Fsp3) is 0.667. The predicted octanol–water partition coefficient (Wildman–Crippen LogP) is 0.488. The molecular weight excluding hydrogens is 282 g/mol. The van der Waals surface area contributed by atoms with Crippen LogP contribution in [-0.4, -0.2) is 71.1 Å². The van der Waals surface area contributed by atoms with E-state index in [1.807, 2.05) is 10.8 Å². The van der Waals surface area contributed by atoms with Crippen LogP contribution in [0.1, 0.15) is 24.2 Å². The first kappa shape index (κ1) is 16.6. The van der Waals surface area contributed by atoms with Gasteiger partial charge >= 0.3 is 0 Å². The third-order valence-corrected chi connectivity index (χ3v) is 3.82. The summed E-state index contributed by atoms with van der Waals surface area (Å²) in [6.07, 6.45) is 1.89. The largest absolute Gasteiger partial charge is 0.371 e. The number of carbonyl (C=O) groups excluding carboxylic acids is 1. The number of ether oxygens (including phenoxy) is 1. The highest BCUT2D eigenvalue weighted by molar-refractivity contribution is 5.76. The van der Waals surface area contributed by atoms with E-state index in [-0.39, 0.29) is 18.4 Å². The second-order valence-corrected chi connectivity index (χ2v) is 5.72. The molecule has 1 amide bonds. The van der Waals surface area contributed by atoms with Crippen molar-refractivity contribution in [3.8, 4) is 0 Å². The summed E-state index contributed by atoms with van der Waals surface area (Å²) in [6.45, 7) is 9.70. The van der Waals surface area contributed by atoms with Gasteiger partial charge in [-0.25, -0.2) is 4.68 Å². The number of aromatic nitrogens is 3. The number of nitrogens with zero attached hydrogens (tertiary/aromatic N) is 5. The summed E-state index contributed by atoms with van der Waals surface area (Å²) in [4.78, 5) is 15.4. The van der Waals surface area contributed by atoms with Crippen LogP contribution in [0.25, 0.3) is 0 Å². The van der Waals surface area contributed by atoms with Crippen molar-refractivity contribution in [3.05, 3.63) is 24.0 Å². The van der Waals surface area contributed by atoms with Gasteiger partial charge in [0.2, 0.25) is 5.91 Å². The standard InChI is InChI=1S/C15H25N5O2/c1-5-7-19-8-12(10-22-11-14(21)18(3)4)15-13(9-19)16-17-20(15)6-2/h5,12H,1,6-11H2,2-4H3. The zero-order chi connectivity index (χ0) is 16.1. The molecule has 22 heavy (non-hydrogen) atoms. The number of aryl methyl sites for hydroxylation is 1. The third-order valence-electron chi connectivity index (χ3n) is 3.82. The van der Waals surface area contributed by atoms with E-state index in [2.05, 4.69) is 28.7 Å². The highest BCUT2D eigenvalue weighted by atomic mass is 16.5. The van der Waals surface area contributed by atoms with Crippen LogP contribution in [0, 0.1) is 0 Å². The van der Waals surface area contributed by atoms with E-state index >= 15 is 0 Å². The fourth-order valence-electron chi connectivity index (χ4n) is 2.69. The molecule has 7 nitrogen and oxygen atoms in total. The molecule has 1 aromatic rings. The Labute approximate surface area is 131 Å². The minimum absolute atomic E-state index is 0.0268. The number of amides is 1. The molecule has 1 atom stereocenters. The maximum absolute atomic E-state index is 11.6. The fourth-order valence-corrected chi connectivity index (χ4v) is 2.69. The molecule has 1 aliphatic heterocycles. The first-order valence-corrected chi connectivity index (χ1v) is 7.60. The molecule has 122 valence electrons. The van der Waals surface area contributed by atoms with Crippen molar-refractivity contribution in [2.24, 2.45) is 0 Å². The number of hydrogen-bond acceptors (Lipinski definition) is 5. The zero-order valence-corrected chi connectivity index (χ0v) is 13.7. The minimum Gasteiger partial charge on any atom is -0.371 e. The van der Waals surface area contributed by atoms with Gasteiger partial charge in [-0.1, -0.05) is 11.3 Å². The molecule has 0 aliphatic carbocycles. The van der Waals surface area contributed by atoms with Gasteiger partial charge in [0.1, 0.15) is 12.3 Å². The van der Waals surface area contributed by atoms with Crippen molar-refractivity contribution in [1.29, 1.82) is 0 Å². The molecule has 0 bridgehead atoms. The van der Waals surface area contributed by atoms with Gasteiger partial charge in [0.05, 0.1) is 12.3 Å². The van der Waals surface area contributed by atoms with Crippen LogP contribution in [0.15, 0.2) is 12.7 Å². The van der Waals surface area contributed by atoms with Crippen LogP contribution >= 0.6 is 0 Å². The SMILES string of the molecule is C=CCN1Cc2nnn(CC)c2C(COCC(=O)N(C)C)C1. The van der Waals surface area contributed by atoms with Crippen molar-refractivity contribution in [2.45, 2.75) is 25.9 Å². The summed E-state index contributed by atoms with van der Waals surface area (Å²) in [5.74, 6) is 0.148. The molecular formula is C15H25N5O2. The van der Waals surface area contributed by atoms with Crippen molar-refractivity contribution < 1.29 is 9.53 Å². The van der Waals surface area contributed by atoms with E-state index in [4.69, 9.17) is 4.74 Å². The van der Waals surface area contributed by atoms with E-state index < -0.39 is 0 Å². The monoisotopic (exact) mass is 307 g/mol. The lowest BCUT2D eigenvalue weighted by Crippen LogP contribution is -2.37. The van der Waals surface area contributed by atoms with Crippen LogP contribution in [0.3, 0.4) is 0 Å². The quantitative estimate of drug-likeness (QED) is 0.686. The summed E-state index contributed by atoms with van der Waals surface area (Å²) in [5.41, 5.74) is 2.14. The van der Waals surface area contributed by atoms with Gasteiger partial charge in [-0.3, -0.25) is 9.69 Å². The molecule has 2 heterocycles. The van der Waals surface area contributed by atoms with Gasteiger partial charge in [-0.05, 0) is 6.92 Å². The predicted molar refractivity (Wildman–Crippen MR) is 83.4 cm³/mol. The van der Waals surface area contributed by atoms with Crippen LogP contribution in [-0.2, 0) is 22.6 Å². The van der Waals surface area contributed by atoms with Crippen molar-refractivity contribution >= 4 is 5.91 Å². The summed E-state index contributed by atoms with van der Waals surface area (Å²) in [5, 5.41) is 8.50. The first-order chi connectivity index (χ1) is 10.6. The number of hydrogen-bond donors (Lipinski definition) is 0. The van der Waals surface area contributed by atoms with Crippen LogP contribution in [0.4, 0.5) is 0 Å². The normalized spacial score (nSPS) is 18.0. The Bertz CT molecular complexity index is 526. The zero-order valence-electron chi connectivity index (χ0n) is 13.7. The second-order valence-electron chi connectivity index (χ2n) is 5.72. The molecule has 1 aliphatic rings. The van der Waals surface area contributed by atoms with Gasteiger partial charge in [-0.15, -0.1) is 11.7 Å². The molecule has 1 aromatic heterocycles. The van der Waals surface area contributed by atoms with Crippen molar-refractivity contribution in [2.75, 3.05) is 40.4 Å². The van der Waals surface area contributed by atoms with Crippen LogP contribution in [0.5, 0.6) is 0 Å². The number of rotatable bonds is 7. The van der Waals surface area contributed by atoms with Crippen LogP contribution < -0.4 is 0 Å². The van der Waals surface area contributed by atoms with Gasteiger partial charge in [0.25, 0.3) is 0 Å². The highest BCUT2D eigenvalue weighted by Crippen LogP contribution is 2.27. The Balaban J connectivity index is 2.06. The van der Waals surface area contributed by atoms with E-state index in [0.717, 1.165) is 37.6 Å². The smallest absolute Gasteiger partial charge is 0.248 e. The Morgan fingerprint density at radius 2 is 2.32 bits per heavy atom. The average molecular weight is 307 g/mol. The summed E-state index contributed by atoms with van der Waals surface area (Å²) in [7, 11) is 3.46. The lowest BCUT2D eigenvalue weighted by molar-refractivity contribution is -0.133. The number of carbonyl (C=O) groups is 1. The van der Waals surface area contributed by atoms with Gasteiger partial charge in [0.15, 0.2) is 0 Å². The van der Waals surface area contributed by atoms with E-state index in [0.29, 0.717) is 6.61 Å². The molecule has 0 saturated carbocycles. The van der Waals surface area contributed by atoms with E-state index in [9.17, 15) is 4.79 Å². The Morgan fingerprint density at radius 3 is 2.95 bits per heavy atom. The van der Waals surface area contributed by atoms with Gasteiger partial charge < -0.3 is 9.64 Å². The van der Waals surface area contributed by atoms with Crippen molar-refractivity contribution in [3.63, 3.8) is 0 Å². The molecule has 0 spiro atoms. The topological polar surface area (TPSA) is 63.5 Å². The summed E-state index contributed by atoms with van der Waals surface area (Å²) >= 11 is 0. The van der Waals surface area contributed by atoms with Crippen LogP contribution in [0.2, 0.25) is 0 Å². The molecule has 0 N–H and O–H groups in total. The molecule has 7 heteroatoms. The minimum atomic E-state index is -0.0268. The molecule has 0 radical (unpaired) electrons. The molecule has 0 aromatic carbocycles. The van der Waals surface area contributed by atoms with Crippen molar-refractivity contribution in [1.82, 2.24) is 24.8 Å². The Kier molecular flexibility index (Phi) is 5.68. The second kappa shape index (κ2) is 7.51. The van der Waals surface area contributed by atoms with Gasteiger partial charge in [0, 0.05) is 46.2 Å². The van der Waals surface area contributed by atoms with Gasteiger partial charge in [-0.2, -0.15) is 0 Å². The molecule has 1 unspecified atom stereocenters. The Hall–Kier alpha value is -1.73. The maximum atomic E-state index is 11.6. The number of likely N-dealkylation sites (N-methyl/N-ethyl adjacent to an activating group) is 1. The molecule has 2 rings (SSSR count). The molecule has 0 saturated heterocycles. The Morgan fingerprint density at radius 1 is 1.55 bits per heavy atom. The highest BCUT2D eigenvalue weighted by Gasteiger charge is 2.30. The lowest BCUT2D eigenvalue weighted by Gasteiger charge is -2.31.